The fourth-order valence-corrected chi connectivity index (χ4v) is 2.92. The van der Waals surface area contributed by atoms with Crippen LogP contribution in [0, 0.1) is 5.92 Å². The van der Waals surface area contributed by atoms with Crippen LogP contribution < -0.4 is 0 Å². The highest BCUT2D eigenvalue weighted by Gasteiger charge is 2.15. The Labute approximate surface area is 85.4 Å². The molecule has 1 aliphatic carbocycles. The molecule has 0 radical (unpaired) electrons. The fourth-order valence-electron chi connectivity index (χ4n) is 1.67. The SMILES string of the molecule is BrC(I)CC1CCCCC1. The van der Waals surface area contributed by atoms with Gasteiger partial charge in [-0.15, -0.1) is 0 Å². The molecule has 0 bridgehead atoms. The van der Waals surface area contributed by atoms with E-state index in [2.05, 4.69) is 38.5 Å². The third-order valence-corrected chi connectivity index (χ3v) is 3.12. The molecule has 0 heterocycles. The molecule has 0 aromatic rings. The molecule has 0 amide bonds. The maximum Gasteiger partial charge on any atom is 0.0664 e. The third kappa shape index (κ3) is 3.56. The summed E-state index contributed by atoms with van der Waals surface area (Å²) in [5, 5.41) is 0. The average molecular weight is 317 g/mol. The predicted molar refractivity (Wildman–Crippen MR) is 57.9 cm³/mol. The summed E-state index contributed by atoms with van der Waals surface area (Å²) in [6, 6.07) is 0. The molecule has 0 aromatic heterocycles. The van der Waals surface area contributed by atoms with E-state index in [0.717, 1.165) is 5.92 Å². The van der Waals surface area contributed by atoms with Crippen molar-refractivity contribution in [2.24, 2.45) is 5.92 Å². The number of halogens is 2. The van der Waals surface area contributed by atoms with E-state index in [1.165, 1.54) is 38.5 Å². The number of hydrogen-bond donors (Lipinski definition) is 0. The summed E-state index contributed by atoms with van der Waals surface area (Å²) in [7, 11) is 0. The van der Waals surface area contributed by atoms with E-state index >= 15 is 0 Å². The highest BCUT2D eigenvalue weighted by atomic mass is 127. The summed E-state index contributed by atoms with van der Waals surface area (Å²) in [4.78, 5) is 0. The molecule has 0 spiro atoms. The minimum absolute atomic E-state index is 0.702. The van der Waals surface area contributed by atoms with Gasteiger partial charge in [-0.2, -0.15) is 0 Å². The van der Waals surface area contributed by atoms with Crippen LogP contribution in [-0.2, 0) is 0 Å². The number of hydrogen-bond acceptors (Lipinski definition) is 0. The van der Waals surface area contributed by atoms with Crippen molar-refractivity contribution in [1.29, 1.82) is 0 Å². The largest absolute Gasteiger partial charge is 0.0775 e. The van der Waals surface area contributed by atoms with Crippen molar-refractivity contribution in [3.63, 3.8) is 0 Å². The van der Waals surface area contributed by atoms with E-state index in [0.29, 0.717) is 2.83 Å². The van der Waals surface area contributed by atoms with Gasteiger partial charge in [-0.1, -0.05) is 70.6 Å². The highest BCUT2D eigenvalue weighted by molar-refractivity contribution is 14.1. The van der Waals surface area contributed by atoms with E-state index in [9.17, 15) is 0 Å². The van der Waals surface area contributed by atoms with Crippen LogP contribution >= 0.6 is 38.5 Å². The van der Waals surface area contributed by atoms with Gasteiger partial charge in [0.05, 0.1) is 2.83 Å². The van der Waals surface area contributed by atoms with Crippen LogP contribution in [0.15, 0.2) is 0 Å². The molecule has 0 aliphatic heterocycles. The van der Waals surface area contributed by atoms with Crippen molar-refractivity contribution in [3.8, 4) is 0 Å². The van der Waals surface area contributed by atoms with Gasteiger partial charge in [0.2, 0.25) is 0 Å². The molecule has 0 nitrogen and oxygen atoms in total. The van der Waals surface area contributed by atoms with Gasteiger partial charge in [-0.05, 0) is 12.3 Å². The second kappa shape index (κ2) is 4.96. The van der Waals surface area contributed by atoms with Crippen LogP contribution in [-0.4, -0.2) is 2.83 Å². The lowest BCUT2D eigenvalue weighted by Crippen LogP contribution is -2.08. The topological polar surface area (TPSA) is 0 Å². The Balaban J connectivity index is 2.13. The lowest BCUT2D eigenvalue weighted by Gasteiger charge is -2.21. The van der Waals surface area contributed by atoms with Crippen LogP contribution in [0.25, 0.3) is 0 Å². The average Bonchev–Trinajstić information content (AvgIpc) is 1.88. The zero-order chi connectivity index (χ0) is 7.40. The van der Waals surface area contributed by atoms with Gasteiger partial charge in [-0.25, -0.2) is 0 Å². The van der Waals surface area contributed by atoms with Gasteiger partial charge in [0.1, 0.15) is 0 Å². The van der Waals surface area contributed by atoms with Crippen molar-refractivity contribution >= 4 is 38.5 Å². The maximum atomic E-state index is 3.60. The van der Waals surface area contributed by atoms with E-state index in [4.69, 9.17) is 0 Å². The van der Waals surface area contributed by atoms with Gasteiger partial charge >= 0.3 is 0 Å². The van der Waals surface area contributed by atoms with Crippen LogP contribution in [0.4, 0.5) is 0 Å². The molecule has 0 saturated heterocycles. The second-order valence-electron chi connectivity index (χ2n) is 3.13. The van der Waals surface area contributed by atoms with Crippen LogP contribution in [0.2, 0.25) is 0 Å². The minimum Gasteiger partial charge on any atom is -0.0775 e. The van der Waals surface area contributed by atoms with Gasteiger partial charge in [0.25, 0.3) is 0 Å². The molecule has 1 aliphatic rings. The summed E-state index contributed by atoms with van der Waals surface area (Å²) < 4.78 is 0.702. The molecular formula is C8H14BrI. The second-order valence-corrected chi connectivity index (χ2v) is 7.45. The summed E-state index contributed by atoms with van der Waals surface area (Å²) in [5.41, 5.74) is 0. The minimum atomic E-state index is 0.702. The Bertz CT molecular complexity index is 87.3. The zero-order valence-corrected chi connectivity index (χ0v) is 9.90. The first kappa shape index (κ1) is 9.30. The van der Waals surface area contributed by atoms with Crippen molar-refractivity contribution in [1.82, 2.24) is 0 Å². The Morgan fingerprint density at radius 1 is 1.30 bits per heavy atom. The van der Waals surface area contributed by atoms with Gasteiger partial charge in [0.15, 0.2) is 0 Å². The molecule has 0 aromatic carbocycles. The Morgan fingerprint density at radius 2 is 1.90 bits per heavy atom. The number of alkyl halides is 2. The van der Waals surface area contributed by atoms with E-state index in [-0.39, 0.29) is 0 Å². The van der Waals surface area contributed by atoms with Crippen molar-refractivity contribution < 1.29 is 0 Å². The van der Waals surface area contributed by atoms with Crippen LogP contribution in [0.1, 0.15) is 38.5 Å². The van der Waals surface area contributed by atoms with Gasteiger partial charge in [-0.3, -0.25) is 0 Å². The molecule has 0 N–H and O–H groups in total. The molecule has 60 valence electrons. The smallest absolute Gasteiger partial charge is 0.0664 e. The summed E-state index contributed by atoms with van der Waals surface area (Å²) in [5.74, 6) is 1.02. The van der Waals surface area contributed by atoms with Crippen molar-refractivity contribution in [3.05, 3.63) is 0 Å². The zero-order valence-electron chi connectivity index (χ0n) is 6.15. The molecular weight excluding hydrogens is 303 g/mol. The third-order valence-electron chi connectivity index (χ3n) is 2.24. The Morgan fingerprint density at radius 3 is 2.40 bits per heavy atom. The summed E-state index contributed by atoms with van der Waals surface area (Å²) in [6.07, 6.45) is 8.75. The monoisotopic (exact) mass is 316 g/mol. The fraction of sp³-hybridized carbons (Fsp3) is 1.00. The van der Waals surface area contributed by atoms with E-state index in [1.807, 2.05) is 0 Å². The van der Waals surface area contributed by atoms with Crippen molar-refractivity contribution in [2.75, 3.05) is 0 Å². The van der Waals surface area contributed by atoms with Crippen LogP contribution in [0.3, 0.4) is 0 Å². The molecule has 1 fully saturated rings. The Hall–Kier alpha value is 1.21. The normalized spacial score (nSPS) is 24.6. The lowest BCUT2D eigenvalue weighted by atomic mass is 9.88. The van der Waals surface area contributed by atoms with E-state index < -0.39 is 0 Å². The molecule has 10 heavy (non-hydrogen) atoms. The lowest BCUT2D eigenvalue weighted by molar-refractivity contribution is 0.350. The molecule has 1 saturated carbocycles. The highest BCUT2D eigenvalue weighted by Crippen LogP contribution is 2.30. The van der Waals surface area contributed by atoms with Gasteiger partial charge < -0.3 is 0 Å². The molecule has 1 atom stereocenters. The number of rotatable bonds is 2. The summed E-state index contributed by atoms with van der Waals surface area (Å²) >= 11 is 6.06. The molecule has 1 rings (SSSR count). The molecule has 2 heteroatoms. The Kier molecular flexibility index (Phi) is 4.62. The summed E-state index contributed by atoms with van der Waals surface area (Å²) in [6.45, 7) is 0. The van der Waals surface area contributed by atoms with Crippen LogP contribution in [0.5, 0.6) is 0 Å². The predicted octanol–water partition coefficient (Wildman–Crippen LogP) is 4.11. The standard InChI is InChI=1S/C8H14BrI/c9-8(10)6-7-4-2-1-3-5-7/h7-8H,1-6H2. The van der Waals surface area contributed by atoms with E-state index in [1.54, 1.807) is 0 Å². The first-order valence-electron chi connectivity index (χ1n) is 4.07. The van der Waals surface area contributed by atoms with Crippen molar-refractivity contribution in [2.45, 2.75) is 41.4 Å². The quantitative estimate of drug-likeness (QED) is 0.531. The first-order chi connectivity index (χ1) is 4.79. The first-order valence-corrected chi connectivity index (χ1v) is 6.23. The molecule has 1 unspecified atom stereocenters. The van der Waals surface area contributed by atoms with Gasteiger partial charge in [0, 0.05) is 0 Å². The maximum absolute atomic E-state index is 3.60.